The standard InChI is InChI=1S/C18H24BrNO3/c1-4-7-20-8-6-16(21)14(12-20)9-13-10-15(19)18(23-5-2)17(11-13)22-3/h9-11H,4-8,12H2,1-3H3/b14-9+. The molecular formula is C18H24BrNO3. The van der Waals surface area contributed by atoms with E-state index in [-0.39, 0.29) is 5.78 Å². The molecule has 1 heterocycles. The highest BCUT2D eigenvalue weighted by Gasteiger charge is 2.21. The zero-order chi connectivity index (χ0) is 16.8. The first-order valence-electron chi connectivity index (χ1n) is 8.05. The van der Waals surface area contributed by atoms with E-state index >= 15 is 0 Å². The molecule has 1 saturated heterocycles. The number of carbonyl (C=O) groups excluding carboxylic acids is 1. The fourth-order valence-corrected chi connectivity index (χ4v) is 3.34. The van der Waals surface area contributed by atoms with Gasteiger partial charge in [-0.25, -0.2) is 0 Å². The van der Waals surface area contributed by atoms with Gasteiger partial charge in [0.15, 0.2) is 17.3 Å². The summed E-state index contributed by atoms with van der Waals surface area (Å²) in [5.41, 5.74) is 1.81. The first-order chi connectivity index (χ1) is 11.1. The van der Waals surface area contributed by atoms with E-state index in [1.54, 1.807) is 7.11 Å². The number of likely N-dealkylation sites (tertiary alicyclic amines) is 1. The van der Waals surface area contributed by atoms with Gasteiger partial charge in [0, 0.05) is 25.1 Å². The molecule has 0 bridgehead atoms. The number of carbonyl (C=O) groups is 1. The molecule has 1 fully saturated rings. The summed E-state index contributed by atoms with van der Waals surface area (Å²) < 4.78 is 11.9. The van der Waals surface area contributed by atoms with Gasteiger partial charge in [0.2, 0.25) is 0 Å². The number of piperidine rings is 1. The lowest BCUT2D eigenvalue weighted by atomic mass is 10.00. The third-order valence-corrected chi connectivity index (χ3v) is 4.42. The van der Waals surface area contributed by atoms with Gasteiger partial charge in [-0.15, -0.1) is 0 Å². The summed E-state index contributed by atoms with van der Waals surface area (Å²) in [7, 11) is 1.62. The average molecular weight is 382 g/mol. The van der Waals surface area contributed by atoms with E-state index in [9.17, 15) is 4.79 Å². The predicted molar refractivity (Wildman–Crippen MR) is 96.2 cm³/mol. The minimum Gasteiger partial charge on any atom is -0.493 e. The van der Waals surface area contributed by atoms with Gasteiger partial charge < -0.3 is 9.47 Å². The number of ether oxygens (including phenoxy) is 2. The van der Waals surface area contributed by atoms with Crippen molar-refractivity contribution in [3.63, 3.8) is 0 Å². The van der Waals surface area contributed by atoms with Crippen molar-refractivity contribution < 1.29 is 14.3 Å². The molecule has 4 nitrogen and oxygen atoms in total. The summed E-state index contributed by atoms with van der Waals surface area (Å²) in [6.45, 7) is 7.28. The summed E-state index contributed by atoms with van der Waals surface area (Å²) in [6, 6.07) is 3.88. The van der Waals surface area contributed by atoms with Gasteiger partial charge in [-0.3, -0.25) is 9.69 Å². The van der Waals surface area contributed by atoms with Crippen LogP contribution in [0.1, 0.15) is 32.3 Å². The van der Waals surface area contributed by atoms with E-state index in [2.05, 4.69) is 27.8 Å². The predicted octanol–water partition coefficient (Wildman–Crippen LogP) is 3.92. The van der Waals surface area contributed by atoms with Crippen LogP contribution in [-0.4, -0.2) is 44.0 Å². The Hall–Kier alpha value is -1.33. The largest absolute Gasteiger partial charge is 0.493 e. The maximum Gasteiger partial charge on any atom is 0.175 e. The molecule has 1 aliphatic heterocycles. The highest BCUT2D eigenvalue weighted by Crippen LogP contribution is 2.37. The molecule has 0 aromatic heterocycles. The Morgan fingerprint density at radius 2 is 2.13 bits per heavy atom. The van der Waals surface area contributed by atoms with Crippen molar-refractivity contribution in [3.8, 4) is 11.5 Å². The third kappa shape index (κ3) is 4.58. The lowest BCUT2D eigenvalue weighted by molar-refractivity contribution is -0.117. The number of halogens is 1. The molecule has 1 aromatic carbocycles. The Morgan fingerprint density at radius 3 is 2.78 bits per heavy atom. The van der Waals surface area contributed by atoms with Gasteiger partial charge in [0.1, 0.15) is 0 Å². The highest BCUT2D eigenvalue weighted by molar-refractivity contribution is 9.10. The lowest BCUT2D eigenvalue weighted by Gasteiger charge is -2.27. The van der Waals surface area contributed by atoms with E-state index in [1.807, 2.05) is 25.1 Å². The number of hydrogen-bond acceptors (Lipinski definition) is 4. The zero-order valence-electron chi connectivity index (χ0n) is 14.0. The highest BCUT2D eigenvalue weighted by atomic mass is 79.9. The van der Waals surface area contributed by atoms with Gasteiger partial charge in [-0.05, 0) is 59.6 Å². The fourth-order valence-electron chi connectivity index (χ4n) is 2.77. The van der Waals surface area contributed by atoms with Crippen molar-refractivity contribution >= 4 is 27.8 Å². The summed E-state index contributed by atoms with van der Waals surface area (Å²) >= 11 is 3.53. The SMILES string of the molecule is CCCN1CCC(=O)/C(=C/c2cc(Br)c(OCC)c(OC)c2)C1. The van der Waals surface area contributed by atoms with Gasteiger partial charge in [0.25, 0.3) is 0 Å². The summed E-state index contributed by atoms with van der Waals surface area (Å²) in [5.74, 6) is 1.60. The van der Waals surface area contributed by atoms with Crippen molar-refractivity contribution in [2.45, 2.75) is 26.7 Å². The van der Waals surface area contributed by atoms with Crippen LogP contribution < -0.4 is 9.47 Å². The monoisotopic (exact) mass is 381 g/mol. The van der Waals surface area contributed by atoms with Crippen LogP contribution in [0.3, 0.4) is 0 Å². The molecule has 0 radical (unpaired) electrons. The first kappa shape index (κ1) is 18.0. The number of nitrogens with zero attached hydrogens (tertiary/aromatic N) is 1. The molecule has 0 aliphatic carbocycles. The van der Waals surface area contributed by atoms with Crippen molar-refractivity contribution in [3.05, 3.63) is 27.7 Å². The van der Waals surface area contributed by atoms with Crippen LogP contribution in [0.5, 0.6) is 11.5 Å². The Labute approximate surface area is 146 Å². The molecule has 0 atom stereocenters. The maximum atomic E-state index is 12.2. The average Bonchev–Trinajstić information content (AvgIpc) is 2.53. The van der Waals surface area contributed by atoms with Gasteiger partial charge >= 0.3 is 0 Å². The molecule has 2 rings (SSSR count). The molecular weight excluding hydrogens is 358 g/mol. The Balaban J connectivity index is 2.30. The fraction of sp³-hybridized carbons (Fsp3) is 0.500. The molecule has 0 unspecified atom stereocenters. The molecule has 126 valence electrons. The van der Waals surface area contributed by atoms with Crippen LogP contribution >= 0.6 is 15.9 Å². The van der Waals surface area contributed by atoms with E-state index in [0.29, 0.717) is 24.5 Å². The second-order valence-corrected chi connectivity index (χ2v) is 6.44. The molecule has 5 heteroatoms. The molecule has 0 N–H and O–H groups in total. The van der Waals surface area contributed by atoms with Gasteiger partial charge in [-0.2, -0.15) is 0 Å². The van der Waals surface area contributed by atoms with E-state index in [4.69, 9.17) is 9.47 Å². The molecule has 0 saturated carbocycles. The van der Waals surface area contributed by atoms with Crippen molar-refractivity contribution in [2.75, 3.05) is 33.4 Å². The lowest BCUT2D eigenvalue weighted by Crippen LogP contribution is -2.36. The van der Waals surface area contributed by atoms with E-state index in [1.165, 1.54) is 0 Å². The Kier molecular flexibility index (Phi) is 6.66. The summed E-state index contributed by atoms with van der Waals surface area (Å²) in [4.78, 5) is 14.5. The van der Waals surface area contributed by atoms with Crippen molar-refractivity contribution in [1.82, 2.24) is 4.90 Å². The van der Waals surface area contributed by atoms with Crippen LogP contribution in [0.15, 0.2) is 22.2 Å². The maximum absolute atomic E-state index is 12.2. The number of methoxy groups -OCH3 is 1. The van der Waals surface area contributed by atoms with Crippen molar-refractivity contribution in [1.29, 1.82) is 0 Å². The van der Waals surface area contributed by atoms with Crippen LogP contribution in [0.25, 0.3) is 6.08 Å². The summed E-state index contributed by atoms with van der Waals surface area (Å²) in [5, 5.41) is 0. The quantitative estimate of drug-likeness (QED) is 0.699. The Morgan fingerprint density at radius 1 is 1.35 bits per heavy atom. The topological polar surface area (TPSA) is 38.8 Å². The summed E-state index contributed by atoms with van der Waals surface area (Å²) in [6.07, 6.45) is 3.66. The van der Waals surface area contributed by atoms with Crippen molar-refractivity contribution in [2.24, 2.45) is 0 Å². The number of Topliss-reactive ketones (excluding diaryl/α,β-unsaturated/α-hetero) is 1. The number of benzene rings is 1. The molecule has 1 aliphatic rings. The number of hydrogen-bond donors (Lipinski definition) is 0. The van der Waals surface area contributed by atoms with Crippen LogP contribution in [0, 0.1) is 0 Å². The molecule has 0 amide bonds. The van der Waals surface area contributed by atoms with Gasteiger partial charge in [-0.1, -0.05) is 6.92 Å². The molecule has 23 heavy (non-hydrogen) atoms. The Bertz CT molecular complexity index is 598. The van der Waals surface area contributed by atoms with Crippen LogP contribution in [0.2, 0.25) is 0 Å². The first-order valence-corrected chi connectivity index (χ1v) is 8.84. The zero-order valence-corrected chi connectivity index (χ0v) is 15.6. The third-order valence-electron chi connectivity index (χ3n) is 3.83. The second kappa shape index (κ2) is 8.50. The van der Waals surface area contributed by atoms with Crippen LogP contribution in [-0.2, 0) is 4.79 Å². The minimum absolute atomic E-state index is 0.237. The van der Waals surface area contributed by atoms with E-state index in [0.717, 1.165) is 41.7 Å². The van der Waals surface area contributed by atoms with Crippen LogP contribution in [0.4, 0.5) is 0 Å². The number of ketones is 1. The molecule has 0 spiro atoms. The smallest absolute Gasteiger partial charge is 0.175 e. The number of rotatable bonds is 6. The van der Waals surface area contributed by atoms with E-state index < -0.39 is 0 Å². The minimum atomic E-state index is 0.237. The van der Waals surface area contributed by atoms with Gasteiger partial charge in [0.05, 0.1) is 18.2 Å². The normalized spacial score (nSPS) is 17.6. The molecule has 1 aromatic rings. The second-order valence-electron chi connectivity index (χ2n) is 5.59.